The zero-order valence-corrected chi connectivity index (χ0v) is 21.6. The Morgan fingerprint density at radius 3 is 2.68 bits per heavy atom. The number of aryl methyl sites for hydroxylation is 1. The predicted octanol–water partition coefficient (Wildman–Crippen LogP) is 2.91. The quantitative estimate of drug-likeness (QED) is 0.223. The lowest BCUT2D eigenvalue weighted by molar-refractivity contribution is 0.0376. The fourth-order valence-electron chi connectivity index (χ4n) is 3.33. The number of nitrogens with one attached hydrogen (secondary N) is 2. The third-order valence-corrected chi connectivity index (χ3v) is 5.68. The number of rotatable bonds is 8. The van der Waals surface area contributed by atoms with Crippen molar-refractivity contribution in [2.24, 2.45) is 12.0 Å². The molecule has 0 amide bonds. The lowest BCUT2D eigenvalue weighted by Crippen LogP contribution is -2.41. The number of aliphatic imine (C=N–C) groups is 1. The topological polar surface area (TPSA) is 79.6 Å². The van der Waals surface area contributed by atoms with Crippen molar-refractivity contribution in [1.82, 2.24) is 30.3 Å². The highest BCUT2D eigenvalue weighted by Crippen LogP contribution is 2.22. The van der Waals surface area contributed by atoms with E-state index >= 15 is 0 Å². The van der Waals surface area contributed by atoms with Crippen LogP contribution in [0, 0.1) is 6.92 Å². The fourth-order valence-corrected chi connectivity index (χ4v) is 3.63. The van der Waals surface area contributed by atoms with Crippen LogP contribution in [-0.4, -0.2) is 65.0 Å². The van der Waals surface area contributed by atoms with Crippen molar-refractivity contribution < 1.29 is 4.74 Å². The largest absolute Gasteiger partial charge is 0.379 e. The summed E-state index contributed by atoms with van der Waals surface area (Å²) in [6.45, 7) is 10.0. The summed E-state index contributed by atoms with van der Waals surface area (Å²) in [6, 6.07) is 7.89. The molecule has 1 atom stereocenters. The van der Waals surface area contributed by atoms with Crippen molar-refractivity contribution >= 4 is 41.5 Å². The number of benzene rings is 1. The van der Waals surface area contributed by atoms with E-state index in [-0.39, 0.29) is 30.0 Å². The molecule has 1 unspecified atom stereocenters. The van der Waals surface area contributed by atoms with Gasteiger partial charge in [-0.25, -0.2) is 4.99 Å². The molecule has 3 rings (SSSR count). The molecule has 0 aliphatic carbocycles. The van der Waals surface area contributed by atoms with Crippen LogP contribution in [0.2, 0.25) is 5.02 Å². The zero-order valence-electron chi connectivity index (χ0n) is 18.5. The smallest absolute Gasteiger partial charge is 0.192 e. The van der Waals surface area contributed by atoms with Gasteiger partial charge in [-0.2, -0.15) is 0 Å². The molecule has 2 N–H and O–H groups in total. The summed E-state index contributed by atoms with van der Waals surface area (Å²) in [5, 5.41) is 16.0. The second kappa shape index (κ2) is 13.2. The second-order valence-corrected chi connectivity index (χ2v) is 7.92. The molecule has 0 radical (unpaired) electrons. The van der Waals surface area contributed by atoms with Crippen LogP contribution in [0.3, 0.4) is 0 Å². The molecule has 31 heavy (non-hydrogen) atoms. The van der Waals surface area contributed by atoms with E-state index in [1.807, 2.05) is 42.8 Å². The van der Waals surface area contributed by atoms with Gasteiger partial charge in [-0.15, -0.1) is 34.2 Å². The Balaban J connectivity index is 0.00000341. The molecule has 1 fully saturated rings. The molecule has 1 aromatic heterocycles. The van der Waals surface area contributed by atoms with E-state index in [2.05, 4.69) is 32.7 Å². The van der Waals surface area contributed by atoms with Crippen LogP contribution in [0.1, 0.15) is 36.6 Å². The lowest BCUT2D eigenvalue weighted by atomic mass is 10.1. The van der Waals surface area contributed by atoms with Crippen molar-refractivity contribution in [3.63, 3.8) is 0 Å². The van der Waals surface area contributed by atoms with Crippen LogP contribution in [0.4, 0.5) is 0 Å². The molecule has 1 aliphatic rings. The van der Waals surface area contributed by atoms with E-state index in [4.69, 9.17) is 21.3 Å². The van der Waals surface area contributed by atoms with Gasteiger partial charge < -0.3 is 19.9 Å². The van der Waals surface area contributed by atoms with Crippen LogP contribution in [0.15, 0.2) is 29.3 Å². The van der Waals surface area contributed by atoms with Crippen molar-refractivity contribution in [2.45, 2.75) is 32.9 Å². The Hall–Kier alpha value is -1.43. The summed E-state index contributed by atoms with van der Waals surface area (Å²) >= 11 is 6.37. The third kappa shape index (κ3) is 7.89. The molecule has 2 heterocycles. The van der Waals surface area contributed by atoms with Crippen LogP contribution >= 0.6 is 35.6 Å². The molecule has 0 bridgehead atoms. The molecule has 8 nitrogen and oxygen atoms in total. The standard InChI is InChI=1S/C21H32ClN7O.HI/c1-16(18-7-4-5-8-19(18)22)25-21(24-15-20-27-26-17(2)28(20)3)23-9-6-10-29-11-13-30-14-12-29;/h4-5,7-8,16H,6,9-15H2,1-3H3,(H2,23,24,25);1H. The number of morpholine rings is 1. The summed E-state index contributed by atoms with van der Waals surface area (Å²) in [6.07, 6.45) is 1.03. The first-order valence-corrected chi connectivity index (χ1v) is 10.9. The van der Waals surface area contributed by atoms with Gasteiger partial charge in [-0.3, -0.25) is 4.90 Å². The Morgan fingerprint density at radius 1 is 1.26 bits per heavy atom. The van der Waals surface area contributed by atoms with Gasteiger partial charge in [0, 0.05) is 31.7 Å². The van der Waals surface area contributed by atoms with Crippen LogP contribution in [-0.2, 0) is 18.3 Å². The first-order valence-electron chi connectivity index (χ1n) is 10.5. The maximum absolute atomic E-state index is 6.37. The van der Waals surface area contributed by atoms with Gasteiger partial charge in [0.1, 0.15) is 12.4 Å². The molecule has 1 saturated heterocycles. The summed E-state index contributed by atoms with van der Waals surface area (Å²) in [7, 11) is 1.95. The number of hydrogen-bond acceptors (Lipinski definition) is 5. The predicted molar refractivity (Wildman–Crippen MR) is 135 cm³/mol. The number of ether oxygens (including phenoxy) is 1. The van der Waals surface area contributed by atoms with Gasteiger partial charge in [0.25, 0.3) is 0 Å². The average molecular weight is 562 g/mol. The average Bonchev–Trinajstić information content (AvgIpc) is 3.08. The van der Waals surface area contributed by atoms with E-state index in [0.29, 0.717) is 6.54 Å². The SMILES string of the molecule is Cc1nnc(CN=C(NCCCN2CCOCC2)NC(C)c2ccccc2Cl)n1C.I. The minimum Gasteiger partial charge on any atom is -0.379 e. The molecule has 0 saturated carbocycles. The number of aromatic nitrogens is 3. The first-order chi connectivity index (χ1) is 14.5. The molecular formula is C21H33ClIN7O. The molecule has 1 aliphatic heterocycles. The van der Waals surface area contributed by atoms with Crippen molar-refractivity contribution in [2.75, 3.05) is 39.4 Å². The van der Waals surface area contributed by atoms with Crippen molar-refractivity contribution in [3.05, 3.63) is 46.5 Å². The van der Waals surface area contributed by atoms with Gasteiger partial charge in [-0.1, -0.05) is 29.8 Å². The maximum atomic E-state index is 6.37. The number of hydrogen-bond donors (Lipinski definition) is 2. The normalized spacial score (nSPS) is 15.9. The zero-order chi connectivity index (χ0) is 21.3. The summed E-state index contributed by atoms with van der Waals surface area (Å²) in [4.78, 5) is 7.18. The van der Waals surface area contributed by atoms with Gasteiger partial charge in [-0.05, 0) is 38.4 Å². The summed E-state index contributed by atoms with van der Waals surface area (Å²) in [5.41, 5.74) is 1.04. The molecule has 10 heteroatoms. The summed E-state index contributed by atoms with van der Waals surface area (Å²) < 4.78 is 7.37. The molecule has 172 valence electrons. The van der Waals surface area contributed by atoms with E-state index in [1.165, 1.54) is 0 Å². The Labute approximate surface area is 206 Å². The molecule has 1 aromatic carbocycles. The van der Waals surface area contributed by atoms with Gasteiger partial charge in [0.15, 0.2) is 11.8 Å². The number of guanidine groups is 1. The highest BCUT2D eigenvalue weighted by atomic mass is 127. The maximum Gasteiger partial charge on any atom is 0.192 e. The van der Waals surface area contributed by atoms with E-state index in [9.17, 15) is 0 Å². The molecular weight excluding hydrogens is 529 g/mol. The molecule has 2 aromatic rings. The minimum atomic E-state index is 0. The van der Waals surface area contributed by atoms with Crippen LogP contribution in [0.5, 0.6) is 0 Å². The van der Waals surface area contributed by atoms with E-state index in [1.54, 1.807) is 0 Å². The highest BCUT2D eigenvalue weighted by Gasteiger charge is 2.13. The first kappa shape index (κ1) is 25.8. The van der Waals surface area contributed by atoms with Crippen LogP contribution in [0.25, 0.3) is 0 Å². The van der Waals surface area contributed by atoms with Gasteiger partial charge in [0.05, 0.1) is 19.3 Å². The van der Waals surface area contributed by atoms with Crippen LogP contribution < -0.4 is 10.6 Å². The van der Waals surface area contributed by atoms with E-state index < -0.39 is 0 Å². The third-order valence-electron chi connectivity index (χ3n) is 5.33. The molecule has 0 spiro atoms. The number of halogens is 2. The summed E-state index contributed by atoms with van der Waals surface area (Å²) in [5.74, 6) is 2.44. The van der Waals surface area contributed by atoms with E-state index in [0.717, 1.165) is 74.0 Å². The van der Waals surface area contributed by atoms with Gasteiger partial charge >= 0.3 is 0 Å². The lowest BCUT2D eigenvalue weighted by Gasteiger charge is -2.26. The second-order valence-electron chi connectivity index (χ2n) is 7.51. The van der Waals surface area contributed by atoms with Crippen molar-refractivity contribution in [1.29, 1.82) is 0 Å². The fraction of sp³-hybridized carbons (Fsp3) is 0.571. The minimum absolute atomic E-state index is 0. The Kier molecular flexibility index (Phi) is 11.0. The Morgan fingerprint density at radius 2 is 2.00 bits per heavy atom. The number of nitrogens with zero attached hydrogens (tertiary/aromatic N) is 5. The Bertz CT molecular complexity index is 839. The monoisotopic (exact) mass is 561 g/mol. The van der Waals surface area contributed by atoms with Gasteiger partial charge in [0.2, 0.25) is 0 Å². The highest BCUT2D eigenvalue weighted by molar-refractivity contribution is 14.0. The van der Waals surface area contributed by atoms with Crippen molar-refractivity contribution in [3.8, 4) is 0 Å².